The third-order valence-electron chi connectivity index (χ3n) is 4.28. The van der Waals surface area contributed by atoms with Gasteiger partial charge in [-0.2, -0.15) is 0 Å². The van der Waals surface area contributed by atoms with Gasteiger partial charge in [-0.1, -0.05) is 40.9 Å². The molecule has 0 unspecified atom stereocenters. The minimum absolute atomic E-state index is 0.00867. The first-order valence-corrected chi connectivity index (χ1v) is 8.96. The molecule has 3 rings (SSSR count). The van der Waals surface area contributed by atoms with Crippen LogP contribution in [0.5, 0.6) is 5.75 Å². The number of anilines is 1. The molecule has 0 aliphatic carbocycles. The Kier molecular flexibility index (Phi) is 5.71. The molecule has 0 spiro atoms. The second-order valence-corrected chi connectivity index (χ2v) is 6.88. The SMILES string of the molecule is Cc1ccc(OCC(=O)N2CCN(c3ccc(Cl)c(Cl)c3)CC2)cc1. The summed E-state index contributed by atoms with van der Waals surface area (Å²) >= 11 is 12.0. The number of hydrogen-bond donors (Lipinski definition) is 0. The fraction of sp³-hybridized carbons (Fsp3) is 0.316. The second kappa shape index (κ2) is 7.98. The predicted octanol–water partition coefficient (Wildman–Crippen LogP) is 4.03. The zero-order valence-electron chi connectivity index (χ0n) is 14.0. The van der Waals surface area contributed by atoms with E-state index in [0.717, 1.165) is 24.3 Å². The van der Waals surface area contributed by atoms with Crippen LogP contribution in [-0.2, 0) is 4.79 Å². The van der Waals surface area contributed by atoms with Crippen LogP contribution in [0.15, 0.2) is 42.5 Å². The van der Waals surface area contributed by atoms with E-state index in [1.165, 1.54) is 0 Å². The van der Waals surface area contributed by atoms with Crippen LogP contribution in [0.25, 0.3) is 0 Å². The predicted molar refractivity (Wildman–Crippen MR) is 102 cm³/mol. The van der Waals surface area contributed by atoms with Crippen LogP contribution in [0.2, 0.25) is 10.0 Å². The zero-order valence-corrected chi connectivity index (χ0v) is 15.6. The fourth-order valence-corrected chi connectivity index (χ4v) is 3.06. The van der Waals surface area contributed by atoms with Gasteiger partial charge in [-0.05, 0) is 37.3 Å². The number of carbonyl (C=O) groups excluding carboxylic acids is 1. The van der Waals surface area contributed by atoms with Gasteiger partial charge >= 0.3 is 0 Å². The average molecular weight is 379 g/mol. The summed E-state index contributed by atoms with van der Waals surface area (Å²) in [4.78, 5) is 16.4. The maximum Gasteiger partial charge on any atom is 0.260 e. The summed E-state index contributed by atoms with van der Waals surface area (Å²) in [5, 5.41) is 1.09. The van der Waals surface area contributed by atoms with Gasteiger partial charge in [0.2, 0.25) is 0 Å². The fourth-order valence-electron chi connectivity index (χ4n) is 2.77. The van der Waals surface area contributed by atoms with Crippen molar-refractivity contribution in [3.63, 3.8) is 0 Å². The van der Waals surface area contributed by atoms with Gasteiger partial charge in [-0.3, -0.25) is 4.79 Å². The van der Waals surface area contributed by atoms with Crippen molar-refractivity contribution in [1.29, 1.82) is 0 Å². The van der Waals surface area contributed by atoms with Crippen molar-refractivity contribution >= 4 is 34.8 Å². The Morgan fingerprint density at radius 3 is 2.32 bits per heavy atom. The van der Waals surface area contributed by atoms with Crippen LogP contribution in [-0.4, -0.2) is 43.6 Å². The largest absolute Gasteiger partial charge is 0.484 e. The molecule has 0 N–H and O–H groups in total. The van der Waals surface area contributed by atoms with Gasteiger partial charge in [0.05, 0.1) is 10.0 Å². The normalized spacial score (nSPS) is 14.5. The van der Waals surface area contributed by atoms with Crippen molar-refractivity contribution in [2.75, 3.05) is 37.7 Å². The Bertz CT molecular complexity index is 742. The molecule has 1 fully saturated rings. The minimum atomic E-state index is 0.00867. The maximum absolute atomic E-state index is 12.3. The van der Waals surface area contributed by atoms with Gasteiger partial charge in [0, 0.05) is 31.9 Å². The van der Waals surface area contributed by atoms with Crippen molar-refractivity contribution < 1.29 is 9.53 Å². The van der Waals surface area contributed by atoms with Crippen LogP contribution < -0.4 is 9.64 Å². The van der Waals surface area contributed by atoms with Gasteiger partial charge in [-0.25, -0.2) is 0 Å². The van der Waals surface area contributed by atoms with E-state index < -0.39 is 0 Å². The highest BCUT2D eigenvalue weighted by atomic mass is 35.5. The quantitative estimate of drug-likeness (QED) is 0.804. The Balaban J connectivity index is 1.50. The minimum Gasteiger partial charge on any atom is -0.484 e. The summed E-state index contributed by atoms with van der Waals surface area (Å²) in [6.45, 7) is 4.92. The van der Waals surface area contributed by atoms with E-state index in [1.807, 2.05) is 48.2 Å². The summed E-state index contributed by atoms with van der Waals surface area (Å²) < 4.78 is 5.58. The number of hydrogen-bond acceptors (Lipinski definition) is 3. The lowest BCUT2D eigenvalue weighted by molar-refractivity contribution is -0.133. The van der Waals surface area contributed by atoms with Crippen LogP contribution in [0.1, 0.15) is 5.56 Å². The molecule has 0 atom stereocenters. The van der Waals surface area contributed by atoms with E-state index in [4.69, 9.17) is 27.9 Å². The van der Waals surface area contributed by atoms with Crippen molar-refractivity contribution in [3.8, 4) is 5.75 Å². The monoisotopic (exact) mass is 378 g/mol. The summed E-state index contributed by atoms with van der Waals surface area (Å²) in [6, 6.07) is 13.3. The lowest BCUT2D eigenvalue weighted by atomic mass is 10.2. The molecule has 132 valence electrons. The number of carbonyl (C=O) groups is 1. The van der Waals surface area contributed by atoms with Gasteiger partial charge in [0.15, 0.2) is 6.61 Å². The summed E-state index contributed by atoms with van der Waals surface area (Å²) in [7, 11) is 0. The standard InChI is InChI=1S/C19H20Cl2N2O2/c1-14-2-5-16(6-3-14)25-13-19(24)23-10-8-22(9-11-23)15-4-7-17(20)18(21)12-15/h2-7,12H,8-11,13H2,1H3. The topological polar surface area (TPSA) is 32.8 Å². The number of benzene rings is 2. The molecule has 25 heavy (non-hydrogen) atoms. The van der Waals surface area contributed by atoms with Crippen molar-refractivity contribution in [3.05, 3.63) is 58.1 Å². The molecule has 0 radical (unpaired) electrons. The maximum atomic E-state index is 12.3. The summed E-state index contributed by atoms with van der Waals surface area (Å²) in [6.07, 6.45) is 0. The molecule has 1 aliphatic heterocycles. The highest BCUT2D eigenvalue weighted by Gasteiger charge is 2.22. The number of aryl methyl sites for hydroxylation is 1. The highest BCUT2D eigenvalue weighted by Crippen LogP contribution is 2.27. The van der Waals surface area contributed by atoms with E-state index in [2.05, 4.69) is 4.90 Å². The van der Waals surface area contributed by atoms with Crippen LogP contribution in [0.4, 0.5) is 5.69 Å². The Hall–Kier alpha value is -1.91. The highest BCUT2D eigenvalue weighted by molar-refractivity contribution is 6.42. The molecule has 4 nitrogen and oxygen atoms in total. The Morgan fingerprint density at radius 2 is 1.68 bits per heavy atom. The lowest BCUT2D eigenvalue weighted by Gasteiger charge is -2.36. The molecule has 0 aromatic heterocycles. The van der Waals surface area contributed by atoms with Crippen LogP contribution >= 0.6 is 23.2 Å². The molecule has 6 heteroatoms. The second-order valence-electron chi connectivity index (χ2n) is 6.07. The van der Waals surface area contributed by atoms with Crippen LogP contribution in [0, 0.1) is 6.92 Å². The molecule has 2 aromatic rings. The summed E-state index contributed by atoms with van der Waals surface area (Å²) in [5.74, 6) is 0.725. The van der Waals surface area contributed by atoms with E-state index in [9.17, 15) is 4.79 Å². The molecule has 0 bridgehead atoms. The first kappa shape index (κ1) is 17.9. The molecule has 1 heterocycles. The van der Waals surface area contributed by atoms with E-state index in [1.54, 1.807) is 6.07 Å². The average Bonchev–Trinajstić information content (AvgIpc) is 2.63. The molecule has 1 amide bonds. The first-order chi connectivity index (χ1) is 12.0. The van der Waals surface area contributed by atoms with Crippen molar-refractivity contribution in [1.82, 2.24) is 4.90 Å². The number of rotatable bonds is 4. The number of halogens is 2. The van der Waals surface area contributed by atoms with Crippen molar-refractivity contribution in [2.24, 2.45) is 0 Å². The Labute approximate surface area is 157 Å². The smallest absolute Gasteiger partial charge is 0.260 e. The third-order valence-corrected chi connectivity index (χ3v) is 5.02. The van der Waals surface area contributed by atoms with Gasteiger partial charge in [0.1, 0.15) is 5.75 Å². The third kappa shape index (κ3) is 4.59. The zero-order chi connectivity index (χ0) is 17.8. The van der Waals surface area contributed by atoms with Gasteiger partial charge in [0.25, 0.3) is 5.91 Å². The first-order valence-electron chi connectivity index (χ1n) is 8.20. The molecule has 2 aromatic carbocycles. The van der Waals surface area contributed by atoms with E-state index in [0.29, 0.717) is 28.9 Å². The molecular formula is C19H20Cl2N2O2. The molecule has 1 aliphatic rings. The number of amides is 1. The lowest BCUT2D eigenvalue weighted by Crippen LogP contribution is -2.50. The van der Waals surface area contributed by atoms with Crippen LogP contribution in [0.3, 0.4) is 0 Å². The summed E-state index contributed by atoms with van der Waals surface area (Å²) in [5.41, 5.74) is 2.19. The van der Waals surface area contributed by atoms with Crippen molar-refractivity contribution in [2.45, 2.75) is 6.92 Å². The van der Waals surface area contributed by atoms with Gasteiger partial charge in [-0.15, -0.1) is 0 Å². The molecule has 1 saturated heterocycles. The Morgan fingerprint density at radius 1 is 1.00 bits per heavy atom. The number of piperazine rings is 1. The van der Waals surface area contributed by atoms with E-state index in [-0.39, 0.29) is 12.5 Å². The number of ether oxygens (including phenoxy) is 1. The molecule has 0 saturated carbocycles. The van der Waals surface area contributed by atoms with E-state index >= 15 is 0 Å². The number of nitrogens with zero attached hydrogens (tertiary/aromatic N) is 2. The molecular weight excluding hydrogens is 359 g/mol. The van der Waals surface area contributed by atoms with Gasteiger partial charge < -0.3 is 14.5 Å².